The zero-order valence-corrected chi connectivity index (χ0v) is 27.6. The Labute approximate surface area is 280 Å². The highest BCUT2D eigenvalue weighted by Gasteiger charge is 2.34. The number of pyridine rings is 2. The molecule has 3 aromatic heterocycles. The number of aromatic nitrogens is 3. The molecule has 0 unspecified atom stereocenters. The Hall–Kier alpha value is -5.27. The third kappa shape index (κ3) is 10.1. The molecule has 0 fully saturated rings. The number of amides is 2. The Morgan fingerprint density at radius 2 is 1.67 bits per heavy atom. The topological polar surface area (TPSA) is 101 Å². The molecule has 14 heteroatoms. The van der Waals surface area contributed by atoms with Crippen LogP contribution in [0.2, 0.25) is 0 Å². The lowest BCUT2D eigenvalue weighted by Crippen LogP contribution is -2.39. The van der Waals surface area contributed by atoms with Crippen LogP contribution in [0.4, 0.5) is 26.7 Å². The molecule has 0 bridgehead atoms. The van der Waals surface area contributed by atoms with Crippen LogP contribution in [0.3, 0.4) is 0 Å². The van der Waals surface area contributed by atoms with Gasteiger partial charge in [0.05, 0.1) is 30.9 Å². The number of carbonyl (C=O) groups excluding carboxylic acids is 2. The molecule has 0 radical (unpaired) electrons. The highest BCUT2D eigenvalue weighted by Crippen LogP contribution is 2.41. The number of likely N-dealkylation sites (N-methyl/N-ethyl adjacent to an activating group) is 1. The van der Waals surface area contributed by atoms with Crippen molar-refractivity contribution in [1.29, 1.82) is 0 Å². The van der Waals surface area contributed by atoms with Crippen LogP contribution in [0, 0.1) is 11.6 Å². The van der Waals surface area contributed by atoms with Gasteiger partial charge >= 0.3 is 12.3 Å². The van der Waals surface area contributed by atoms with Gasteiger partial charge in [-0.2, -0.15) is 13.2 Å². The minimum atomic E-state index is -4.83. The van der Waals surface area contributed by atoms with Crippen molar-refractivity contribution in [2.24, 2.45) is 0 Å². The maximum atomic E-state index is 15.0. The van der Waals surface area contributed by atoms with Crippen molar-refractivity contribution in [1.82, 2.24) is 24.8 Å². The lowest BCUT2D eigenvalue weighted by molar-refractivity contribution is -0.124. The van der Waals surface area contributed by atoms with E-state index in [9.17, 15) is 22.8 Å². The number of carbonyl (C=O) groups is 2. The van der Waals surface area contributed by atoms with Crippen LogP contribution in [-0.2, 0) is 9.53 Å². The van der Waals surface area contributed by atoms with Gasteiger partial charge in [0.2, 0.25) is 11.8 Å². The van der Waals surface area contributed by atoms with Gasteiger partial charge in [-0.05, 0) is 44.5 Å². The number of alkyl halides is 3. The first-order valence-electron chi connectivity index (χ1n) is 15.1. The summed E-state index contributed by atoms with van der Waals surface area (Å²) in [6.45, 7) is 5.17. The molecule has 1 N–H and O–H groups in total. The molecule has 0 saturated heterocycles. The van der Waals surface area contributed by atoms with Gasteiger partial charge in [-0.1, -0.05) is 24.3 Å². The monoisotopic (exact) mass is 685 g/mol. The second kappa shape index (κ2) is 15.3. The van der Waals surface area contributed by atoms with Crippen molar-refractivity contribution < 1.29 is 41.0 Å². The molecule has 0 atom stereocenters. The highest BCUT2D eigenvalue weighted by atomic mass is 19.4. The molecule has 0 aliphatic rings. The van der Waals surface area contributed by atoms with Crippen LogP contribution in [0.1, 0.15) is 44.0 Å². The summed E-state index contributed by atoms with van der Waals surface area (Å²) in [5.74, 6) is -2.70. The summed E-state index contributed by atoms with van der Waals surface area (Å²) in [6.07, 6.45) is -1.72. The maximum absolute atomic E-state index is 15.0. The fourth-order valence-corrected chi connectivity index (χ4v) is 4.79. The van der Waals surface area contributed by atoms with Gasteiger partial charge < -0.3 is 24.3 Å². The Bertz CT molecular complexity index is 1790. The minimum Gasteiger partial charge on any atom is -0.476 e. The molecular weight excluding hydrogens is 649 g/mol. The molecule has 49 heavy (non-hydrogen) atoms. The Kier molecular flexibility index (Phi) is 11.4. The van der Waals surface area contributed by atoms with Crippen molar-refractivity contribution in [3.05, 3.63) is 102 Å². The SMILES string of the molecule is CN(C)C(=O)/C=C/CN(CCOc1ccc(/C(=C(/CC(F)(F)F)c2c(F)cncc2F)c2cc3ccccc3[nH]2)cn1)C(=O)OC(C)(C)C. The molecule has 3 heterocycles. The zero-order chi connectivity index (χ0) is 35.9. The number of hydrogen-bond acceptors (Lipinski definition) is 6. The summed E-state index contributed by atoms with van der Waals surface area (Å²) in [6, 6.07) is 11.4. The largest absolute Gasteiger partial charge is 0.476 e. The fraction of sp³-hybridized carbons (Fsp3) is 0.314. The lowest BCUT2D eigenvalue weighted by atomic mass is 9.90. The van der Waals surface area contributed by atoms with Crippen molar-refractivity contribution in [3.8, 4) is 5.88 Å². The molecule has 0 saturated carbocycles. The molecule has 1 aromatic carbocycles. The summed E-state index contributed by atoms with van der Waals surface area (Å²) >= 11 is 0. The minimum absolute atomic E-state index is 0.0371. The van der Waals surface area contributed by atoms with Crippen molar-refractivity contribution >= 4 is 34.0 Å². The van der Waals surface area contributed by atoms with Crippen molar-refractivity contribution in [2.75, 3.05) is 33.8 Å². The summed E-state index contributed by atoms with van der Waals surface area (Å²) in [4.78, 5) is 38.2. The number of halogens is 5. The number of hydrogen-bond donors (Lipinski definition) is 1. The van der Waals surface area contributed by atoms with Crippen LogP contribution < -0.4 is 4.74 Å². The maximum Gasteiger partial charge on any atom is 0.410 e. The van der Waals surface area contributed by atoms with Crippen LogP contribution in [-0.4, -0.2) is 82.3 Å². The number of aromatic amines is 1. The predicted molar refractivity (Wildman–Crippen MR) is 174 cm³/mol. The number of rotatable bonds is 11. The van der Waals surface area contributed by atoms with Gasteiger partial charge in [0.15, 0.2) is 11.6 Å². The van der Waals surface area contributed by atoms with E-state index in [4.69, 9.17) is 9.47 Å². The molecule has 9 nitrogen and oxygen atoms in total. The number of para-hydroxylation sites is 1. The highest BCUT2D eigenvalue weighted by molar-refractivity contribution is 6.00. The average molecular weight is 686 g/mol. The molecule has 0 aliphatic heterocycles. The Morgan fingerprint density at radius 1 is 0.980 bits per heavy atom. The number of fused-ring (bicyclic) bond motifs is 1. The van der Waals surface area contributed by atoms with Crippen LogP contribution in [0.15, 0.2) is 73.2 Å². The van der Waals surface area contributed by atoms with E-state index >= 15 is 8.78 Å². The number of allylic oxidation sites excluding steroid dienone is 1. The molecule has 260 valence electrons. The van der Waals surface area contributed by atoms with Gasteiger partial charge in [-0.25, -0.2) is 18.6 Å². The van der Waals surface area contributed by atoms with Gasteiger partial charge in [-0.15, -0.1) is 0 Å². The van der Waals surface area contributed by atoms with Gasteiger partial charge in [0, 0.05) is 66.7 Å². The van der Waals surface area contributed by atoms with Gasteiger partial charge in [0.25, 0.3) is 0 Å². The number of nitrogens with zero attached hydrogens (tertiary/aromatic N) is 4. The molecule has 0 spiro atoms. The first-order chi connectivity index (χ1) is 23.0. The second-order valence-electron chi connectivity index (χ2n) is 12.2. The fourth-order valence-electron chi connectivity index (χ4n) is 4.79. The van der Waals surface area contributed by atoms with Crippen LogP contribution in [0.5, 0.6) is 5.88 Å². The first-order valence-corrected chi connectivity index (χ1v) is 15.1. The number of benzene rings is 1. The quantitative estimate of drug-likeness (QED) is 0.130. The van der Waals surface area contributed by atoms with Gasteiger partial charge in [-0.3, -0.25) is 9.78 Å². The van der Waals surface area contributed by atoms with Crippen LogP contribution in [0.25, 0.3) is 22.0 Å². The smallest absolute Gasteiger partial charge is 0.410 e. The summed E-state index contributed by atoms with van der Waals surface area (Å²) in [7, 11) is 3.19. The summed E-state index contributed by atoms with van der Waals surface area (Å²) in [5, 5.41) is 0.667. The van der Waals surface area contributed by atoms with E-state index < -0.39 is 47.1 Å². The van der Waals surface area contributed by atoms with E-state index in [-0.39, 0.29) is 48.3 Å². The van der Waals surface area contributed by atoms with E-state index in [1.165, 1.54) is 40.3 Å². The number of ether oxygens (including phenoxy) is 2. The number of nitrogens with one attached hydrogen (secondary N) is 1. The molecular formula is C35H36F5N5O4. The van der Waals surface area contributed by atoms with Crippen molar-refractivity contribution in [3.63, 3.8) is 0 Å². The molecule has 4 aromatic rings. The molecule has 4 rings (SSSR count). The Morgan fingerprint density at radius 3 is 2.27 bits per heavy atom. The average Bonchev–Trinajstić information content (AvgIpc) is 3.43. The predicted octanol–water partition coefficient (Wildman–Crippen LogP) is 7.41. The van der Waals surface area contributed by atoms with E-state index in [0.29, 0.717) is 23.3 Å². The summed E-state index contributed by atoms with van der Waals surface area (Å²) in [5.41, 5.74) is -1.50. The Balaban J connectivity index is 1.67. The normalized spacial score (nSPS) is 12.6. The van der Waals surface area contributed by atoms with Gasteiger partial charge in [0.1, 0.15) is 12.2 Å². The number of H-pyrrole nitrogens is 1. The van der Waals surface area contributed by atoms with Crippen molar-refractivity contribution in [2.45, 2.75) is 39.0 Å². The molecule has 0 aliphatic carbocycles. The third-order valence-corrected chi connectivity index (χ3v) is 6.95. The van der Waals surface area contributed by atoms with E-state index in [2.05, 4.69) is 15.0 Å². The first kappa shape index (κ1) is 36.6. The summed E-state index contributed by atoms with van der Waals surface area (Å²) < 4.78 is 83.3. The van der Waals surface area contributed by atoms with E-state index in [0.717, 1.165) is 0 Å². The molecule has 2 amide bonds. The van der Waals surface area contributed by atoms with E-state index in [1.54, 1.807) is 65.2 Å². The van der Waals surface area contributed by atoms with E-state index in [1.807, 2.05) is 0 Å². The lowest BCUT2D eigenvalue weighted by Gasteiger charge is -2.26. The standard InChI is InChI=1S/C35H36F5N5O4/c1-34(2,3)49-33(47)45(14-8-11-30(46)44(4)5)15-16-48-29-13-12-23(19-42-29)31(28-17-22-9-6-7-10-27(22)43-28)24(18-35(38,39)40)32-25(36)20-41-21-26(32)37/h6-13,17,19-21,43H,14-16,18H2,1-5H3/b11-8+,31-24+. The zero-order valence-electron chi connectivity index (χ0n) is 27.6. The van der Waals surface area contributed by atoms with Crippen LogP contribution >= 0.6 is 0 Å². The third-order valence-electron chi connectivity index (χ3n) is 6.95. The second-order valence-corrected chi connectivity index (χ2v) is 12.2.